The lowest BCUT2D eigenvalue weighted by molar-refractivity contribution is 0.112. The van der Waals surface area contributed by atoms with Crippen molar-refractivity contribution in [2.75, 3.05) is 13.1 Å². The molecule has 0 fully saturated rings. The Morgan fingerprint density at radius 3 is 1.83 bits per heavy atom. The van der Waals surface area contributed by atoms with E-state index >= 15 is 0 Å². The Kier molecular flexibility index (Phi) is 8.13. The van der Waals surface area contributed by atoms with Gasteiger partial charge in [-0.1, -0.05) is 27.7 Å². The molecule has 0 saturated heterocycles. The molecular weight excluding hydrogens is 220 g/mol. The molecule has 1 unspecified atom stereocenters. The van der Waals surface area contributed by atoms with E-state index in [-0.39, 0.29) is 5.54 Å². The fourth-order valence-electron chi connectivity index (χ4n) is 2.44. The summed E-state index contributed by atoms with van der Waals surface area (Å²) < 4.78 is 0. The van der Waals surface area contributed by atoms with Crippen LogP contribution in [0.15, 0.2) is 0 Å². The van der Waals surface area contributed by atoms with Crippen LogP contribution in [0.25, 0.3) is 0 Å². The van der Waals surface area contributed by atoms with E-state index < -0.39 is 0 Å². The van der Waals surface area contributed by atoms with E-state index in [0.29, 0.717) is 6.04 Å². The van der Waals surface area contributed by atoms with Crippen LogP contribution >= 0.6 is 0 Å². The molecule has 0 aliphatic rings. The van der Waals surface area contributed by atoms with Crippen molar-refractivity contribution >= 4 is 0 Å². The molecule has 0 radical (unpaired) electrons. The van der Waals surface area contributed by atoms with Crippen LogP contribution in [0.2, 0.25) is 0 Å². The Bertz CT molecular complexity index is 202. The zero-order valence-electron chi connectivity index (χ0n) is 14.0. The molecule has 0 aromatic rings. The van der Waals surface area contributed by atoms with E-state index in [2.05, 4.69) is 65.6 Å². The van der Waals surface area contributed by atoms with Gasteiger partial charge in [0.25, 0.3) is 0 Å². The quantitative estimate of drug-likeness (QED) is 0.708. The van der Waals surface area contributed by atoms with Crippen molar-refractivity contribution in [3.8, 4) is 0 Å². The standard InChI is InChI=1S/C16H36N2/c1-9-15(10-2)18(12-13(3)4)14(5)11-17-16(6,7)8/h13-15,17H,9-12H2,1-8H3. The van der Waals surface area contributed by atoms with Gasteiger partial charge < -0.3 is 5.32 Å². The average Bonchev–Trinajstić information content (AvgIpc) is 2.24. The highest BCUT2D eigenvalue weighted by molar-refractivity contribution is 4.80. The highest BCUT2D eigenvalue weighted by Gasteiger charge is 2.22. The van der Waals surface area contributed by atoms with Gasteiger partial charge in [0.05, 0.1) is 0 Å². The summed E-state index contributed by atoms with van der Waals surface area (Å²) in [6, 6.07) is 1.33. The van der Waals surface area contributed by atoms with E-state index in [9.17, 15) is 0 Å². The monoisotopic (exact) mass is 256 g/mol. The molecule has 0 aromatic heterocycles. The molecule has 0 aliphatic heterocycles. The topological polar surface area (TPSA) is 15.3 Å². The third kappa shape index (κ3) is 7.38. The first-order valence-electron chi connectivity index (χ1n) is 7.72. The molecule has 110 valence electrons. The van der Waals surface area contributed by atoms with Crippen molar-refractivity contribution in [2.24, 2.45) is 5.92 Å². The minimum atomic E-state index is 0.214. The van der Waals surface area contributed by atoms with Crippen LogP contribution in [0.3, 0.4) is 0 Å². The van der Waals surface area contributed by atoms with Crippen molar-refractivity contribution in [3.63, 3.8) is 0 Å². The highest BCUT2D eigenvalue weighted by Crippen LogP contribution is 2.15. The fourth-order valence-corrected chi connectivity index (χ4v) is 2.44. The number of nitrogens with one attached hydrogen (secondary N) is 1. The fraction of sp³-hybridized carbons (Fsp3) is 1.00. The first-order valence-corrected chi connectivity index (χ1v) is 7.72. The zero-order valence-corrected chi connectivity index (χ0v) is 14.0. The predicted octanol–water partition coefficient (Wildman–Crippen LogP) is 3.91. The molecule has 1 atom stereocenters. The summed E-state index contributed by atoms with van der Waals surface area (Å²) in [4.78, 5) is 2.70. The zero-order chi connectivity index (χ0) is 14.3. The molecule has 0 heterocycles. The van der Waals surface area contributed by atoms with E-state index in [1.807, 2.05) is 0 Å². The van der Waals surface area contributed by atoms with Gasteiger partial charge in [0.1, 0.15) is 0 Å². The Morgan fingerprint density at radius 1 is 1.00 bits per heavy atom. The summed E-state index contributed by atoms with van der Waals surface area (Å²) in [6.45, 7) is 20.6. The smallest absolute Gasteiger partial charge is 0.0195 e. The molecule has 0 saturated carbocycles. The maximum absolute atomic E-state index is 3.64. The van der Waals surface area contributed by atoms with Gasteiger partial charge in [-0.2, -0.15) is 0 Å². The SMILES string of the molecule is CCC(CC)N(CC(C)C)C(C)CNC(C)(C)C. The van der Waals surface area contributed by atoms with Gasteiger partial charge in [-0.15, -0.1) is 0 Å². The second kappa shape index (κ2) is 8.16. The van der Waals surface area contributed by atoms with E-state index in [1.165, 1.54) is 19.4 Å². The molecule has 2 heteroatoms. The Morgan fingerprint density at radius 2 is 1.50 bits per heavy atom. The van der Waals surface area contributed by atoms with Crippen molar-refractivity contribution in [1.29, 1.82) is 0 Å². The van der Waals surface area contributed by atoms with Crippen LogP contribution in [0.4, 0.5) is 0 Å². The van der Waals surface area contributed by atoms with Crippen LogP contribution in [0, 0.1) is 5.92 Å². The Hall–Kier alpha value is -0.0800. The largest absolute Gasteiger partial charge is 0.311 e. The number of hydrogen-bond donors (Lipinski definition) is 1. The Balaban J connectivity index is 4.53. The molecule has 2 nitrogen and oxygen atoms in total. The van der Waals surface area contributed by atoms with Crippen molar-refractivity contribution in [1.82, 2.24) is 10.2 Å². The molecular formula is C16H36N2. The number of hydrogen-bond acceptors (Lipinski definition) is 2. The van der Waals surface area contributed by atoms with E-state index in [1.54, 1.807) is 0 Å². The van der Waals surface area contributed by atoms with Gasteiger partial charge >= 0.3 is 0 Å². The molecule has 0 amide bonds. The highest BCUT2D eigenvalue weighted by atomic mass is 15.2. The lowest BCUT2D eigenvalue weighted by Gasteiger charge is -2.38. The summed E-state index contributed by atoms with van der Waals surface area (Å²) in [5.41, 5.74) is 0.214. The summed E-state index contributed by atoms with van der Waals surface area (Å²) in [5, 5.41) is 3.64. The summed E-state index contributed by atoms with van der Waals surface area (Å²) in [7, 11) is 0. The average molecular weight is 256 g/mol. The van der Waals surface area contributed by atoms with Crippen LogP contribution < -0.4 is 5.32 Å². The maximum Gasteiger partial charge on any atom is 0.0195 e. The first-order chi connectivity index (χ1) is 8.21. The molecule has 18 heavy (non-hydrogen) atoms. The van der Waals surface area contributed by atoms with Gasteiger partial charge in [-0.3, -0.25) is 4.90 Å². The number of rotatable bonds is 8. The van der Waals surface area contributed by atoms with Crippen LogP contribution in [0.1, 0.15) is 68.2 Å². The first kappa shape index (κ1) is 17.9. The summed E-state index contributed by atoms with van der Waals surface area (Å²) in [6.07, 6.45) is 2.51. The molecule has 0 aliphatic carbocycles. The lowest BCUT2D eigenvalue weighted by Crippen LogP contribution is -2.50. The van der Waals surface area contributed by atoms with Crippen LogP contribution in [-0.4, -0.2) is 35.6 Å². The lowest BCUT2D eigenvalue weighted by atomic mass is 10.0. The third-order valence-electron chi connectivity index (χ3n) is 3.48. The van der Waals surface area contributed by atoms with Crippen LogP contribution in [-0.2, 0) is 0 Å². The minimum Gasteiger partial charge on any atom is -0.311 e. The van der Waals surface area contributed by atoms with Gasteiger partial charge in [0.15, 0.2) is 0 Å². The Labute approximate surface area is 116 Å². The minimum absolute atomic E-state index is 0.214. The predicted molar refractivity (Wildman–Crippen MR) is 83.1 cm³/mol. The second-order valence-corrected chi connectivity index (χ2v) is 7.04. The third-order valence-corrected chi connectivity index (χ3v) is 3.48. The normalized spacial score (nSPS) is 14.8. The number of nitrogens with zero attached hydrogens (tertiary/aromatic N) is 1. The second-order valence-electron chi connectivity index (χ2n) is 7.04. The van der Waals surface area contributed by atoms with E-state index in [4.69, 9.17) is 0 Å². The summed E-state index contributed by atoms with van der Waals surface area (Å²) in [5.74, 6) is 0.739. The maximum atomic E-state index is 3.64. The van der Waals surface area contributed by atoms with Crippen molar-refractivity contribution in [2.45, 2.75) is 85.9 Å². The van der Waals surface area contributed by atoms with Crippen molar-refractivity contribution < 1.29 is 0 Å². The van der Waals surface area contributed by atoms with Gasteiger partial charge in [0.2, 0.25) is 0 Å². The molecule has 1 N–H and O–H groups in total. The molecule has 0 aromatic carbocycles. The molecule has 0 spiro atoms. The molecule has 0 bridgehead atoms. The summed E-state index contributed by atoms with van der Waals surface area (Å²) >= 11 is 0. The molecule has 0 rings (SSSR count). The van der Waals surface area contributed by atoms with Crippen molar-refractivity contribution in [3.05, 3.63) is 0 Å². The van der Waals surface area contributed by atoms with Gasteiger partial charge in [-0.05, 0) is 46.5 Å². The van der Waals surface area contributed by atoms with E-state index in [0.717, 1.165) is 18.5 Å². The van der Waals surface area contributed by atoms with Gasteiger partial charge in [-0.25, -0.2) is 0 Å². The van der Waals surface area contributed by atoms with Gasteiger partial charge in [0, 0.05) is 30.7 Å². The van der Waals surface area contributed by atoms with Crippen LogP contribution in [0.5, 0.6) is 0 Å².